The van der Waals surface area contributed by atoms with Crippen LogP contribution in [0.15, 0.2) is 28.7 Å². The molecule has 1 atom stereocenters. The van der Waals surface area contributed by atoms with Crippen LogP contribution in [0, 0.1) is 0 Å². The van der Waals surface area contributed by atoms with Gasteiger partial charge in [0.15, 0.2) is 0 Å². The van der Waals surface area contributed by atoms with Crippen molar-refractivity contribution in [2.45, 2.75) is 38.1 Å². The quantitative estimate of drug-likeness (QED) is 0.812. The highest BCUT2D eigenvalue weighted by Crippen LogP contribution is 2.33. The summed E-state index contributed by atoms with van der Waals surface area (Å²) in [5, 5.41) is 9.62. The minimum absolute atomic E-state index is 0.514. The van der Waals surface area contributed by atoms with E-state index in [-0.39, 0.29) is 0 Å². The van der Waals surface area contributed by atoms with Crippen LogP contribution in [0.4, 0.5) is 0 Å². The van der Waals surface area contributed by atoms with Crippen LogP contribution in [-0.4, -0.2) is 41.2 Å². The fraction of sp³-hybridized carbons (Fsp3) is 0.562. The number of rotatable bonds is 7. The van der Waals surface area contributed by atoms with Gasteiger partial charge in [0.2, 0.25) is 0 Å². The lowest BCUT2D eigenvalue weighted by Crippen LogP contribution is -2.51. The highest BCUT2D eigenvalue weighted by atomic mass is 79.9. The molecular formula is C16H22BrNO3. The van der Waals surface area contributed by atoms with E-state index in [9.17, 15) is 9.90 Å². The zero-order chi connectivity index (χ0) is 15.3. The van der Waals surface area contributed by atoms with Crippen molar-refractivity contribution < 1.29 is 14.6 Å². The van der Waals surface area contributed by atoms with Gasteiger partial charge in [-0.15, -0.1) is 0 Å². The van der Waals surface area contributed by atoms with Gasteiger partial charge in [-0.2, -0.15) is 0 Å². The number of ether oxygens (including phenoxy) is 1. The highest BCUT2D eigenvalue weighted by molar-refractivity contribution is 9.10. The summed E-state index contributed by atoms with van der Waals surface area (Å²) < 4.78 is 6.73. The standard InChI is InChI=1S/C16H22BrNO3/c1-2-8-16(15(19)20)9-3-10-18(16)11-12-21-14-6-4-13(17)5-7-14/h4-7H,2-3,8-12H2,1H3,(H,19,20). The third-order valence-corrected chi connectivity index (χ3v) is 4.66. The Morgan fingerprint density at radius 3 is 2.76 bits per heavy atom. The molecule has 116 valence electrons. The SMILES string of the molecule is CCCC1(C(=O)O)CCCN1CCOc1ccc(Br)cc1. The van der Waals surface area contributed by atoms with Crippen molar-refractivity contribution in [3.63, 3.8) is 0 Å². The molecule has 2 rings (SSSR count). The van der Waals surface area contributed by atoms with E-state index in [1.165, 1.54) is 0 Å². The number of hydrogen-bond donors (Lipinski definition) is 1. The van der Waals surface area contributed by atoms with Crippen molar-refractivity contribution in [1.82, 2.24) is 4.90 Å². The molecule has 21 heavy (non-hydrogen) atoms. The second-order valence-corrected chi connectivity index (χ2v) is 6.40. The minimum Gasteiger partial charge on any atom is -0.492 e. The van der Waals surface area contributed by atoms with Gasteiger partial charge in [0.25, 0.3) is 0 Å². The molecule has 5 heteroatoms. The summed E-state index contributed by atoms with van der Waals surface area (Å²) in [6.07, 6.45) is 3.29. The van der Waals surface area contributed by atoms with Gasteiger partial charge < -0.3 is 9.84 Å². The van der Waals surface area contributed by atoms with Gasteiger partial charge in [0, 0.05) is 11.0 Å². The molecule has 1 saturated heterocycles. The second kappa shape index (κ2) is 7.27. The first-order chi connectivity index (χ1) is 10.1. The maximum atomic E-state index is 11.7. The number of hydrogen-bond acceptors (Lipinski definition) is 3. The van der Waals surface area contributed by atoms with E-state index in [1.807, 2.05) is 31.2 Å². The summed E-state index contributed by atoms with van der Waals surface area (Å²) in [7, 11) is 0. The predicted molar refractivity (Wildman–Crippen MR) is 85.7 cm³/mol. The number of benzene rings is 1. The van der Waals surface area contributed by atoms with Crippen molar-refractivity contribution in [3.05, 3.63) is 28.7 Å². The lowest BCUT2D eigenvalue weighted by molar-refractivity contribution is -0.150. The maximum absolute atomic E-state index is 11.7. The van der Waals surface area contributed by atoms with E-state index < -0.39 is 11.5 Å². The topological polar surface area (TPSA) is 49.8 Å². The smallest absolute Gasteiger partial charge is 0.324 e. The van der Waals surface area contributed by atoms with Gasteiger partial charge in [-0.1, -0.05) is 29.3 Å². The molecule has 1 heterocycles. The molecule has 1 fully saturated rings. The summed E-state index contributed by atoms with van der Waals surface area (Å²) in [4.78, 5) is 13.8. The Morgan fingerprint density at radius 2 is 2.14 bits per heavy atom. The Hall–Kier alpha value is -1.07. The number of aliphatic carboxylic acids is 1. The molecule has 0 radical (unpaired) electrons. The summed E-state index contributed by atoms with van der Waals surface area (Å²) in [6.45, 7) is 4.05. The largest absolute Gasteiger partial charge is 0.492 e. The van der Waals surface area contributed by atoms with E-state index >= 15 is 0 Å². The monoisotopic (exact) mass is 355 g/mol. The lowest BCUT2D eigenvalue weighted by Gasteiger charge is -2.34. The van der Waals surface area contributed by atoms with Crippen LogP contribution < -0.4 is 4.74 Å². The molecule has 1 unspecified atom stereocenters. The van der Waals surface area contributed by atoms with Gasteiger partial charge in [-0.05, 0) is 50.1 Å². The lowest BCUT2D eigenvalue weighted by atomic mass is 9.91. The number of carbonyl (C=O) groups is 1. The molecule has 1 aromatic rings. The van der Waals surface area contributed by atoms with E-state index in [1.54, 1.807) is 0 Å². The van der Waals surface area contributed by atoms with Gasteiger partial charge >= 0.3 is 5.97 Å². The minimum atomic E-state index is -0.689. The average molecular weight is 356 g/mol. The Labute approximate surface area is 134 Å². The van der Waals surface area contributed by atoms with Crippen molar-refractivity contribution in [3.8, 4) is 5.75 Å². The molecule has 1 aromatic carbocycles. The summed E-state index contributed by atoms with van der Waals surface area (Å²) in [5.41, 5.74) is -0.683. The molecule has 0 amide bonds. The molecule has 0 aromatic heterocycles. The number of carboxylic acids is 1. The summed E-state index contributed by atoms with van der Waals surface area (Å²) in [6, 6.07) is 7.68. The van der Waals surface area contributed by atoms with Crippen LogP contribution in [0.5, 0.6) is 5.75 Å². The third kappa shape index (κ3) is 3.77. The first-order valence-electron chi connectivity index (χ1n) is 7.45. The molecule has 1 aliphatic heterocycles. The van der Waals surface area contributed by atoms with Crippen LogP contribution >= 0.6 is 15.9 Å². The predicted octanol–water partition coefficient (Wildman–Crippen LogP) is 3.55. The van der Waals surface area contributed by atoms with Crippen molar-refractivity contribution in [1.29, 1.82) is 0 Å². The molecule has 0 aliphatic carbocycles. The van der Waals surface area contributed by atoms with Crippen LogP contribution in [0.3, 0.4) is 0 Å². The Balaban J connectivity index is 1.92. The number of halogens is 1. The molecular weight excluding hydrogens is 334 g/mol. The second-order valence-electron chi connectivity index (χ2n) is 5.48. The Kier molecular flexibility index (Phi) is 5.65. The van der Waals surface area contributed by atoms with Crippen molar-refractivity contribution >= 4 is 21.9 Å². The van der Waals surface area contributed by atoms with Crippen LogP contribution in [0.2, 0.25) is 0 Å². The highest BCUT2D eigenvalue weighted by Gasteiger charge is 2.46. The molecule has 1 aliphatic rings. The first-order valence-corrected chi connectivity index (χ1v) is 8.24. The summed E-state index contributed by atoms with van der Waals surface area (Å²) >= 11 is 3.39. The summed E-state index contributed by atoms with van der Waals surface area (Å²) in [5.74, 6) is 0.124. The normalized spacial score (nSPS) is 22.4. The number of carboxylic acid groups (broad SMARTS) is 1. The van der Waals surface area contributed by atoms with Gasteiger partial charge in [0.05, 0.1) is 0 Å². The molecule has 1 N–H and O–H groups in total. The fourth-order valence-corrected chi connectivity index (χ4v) is 3.37. The molecule has 4 nitrogen and oxygen atoms in total. The fourth-order valence-electron chi connectivity index (χ4n) is 3.11. The van der Waals surface area contributed by atoms with E-state index in [0.717, 1.165) is 36.0 Å². The number of likely N-dealkylation sites (tertiary alicyclic amines) is 1. The van der Waals surface area contributed by atoms with E-state index in [4.69, 9.17) is 4.74 Å². The van der Waals surface area contributed by atoms with E-state index in [0.29, 0.717) is 19.6 Å². The first kappa shape index (κ1) is 16.3. The van der Waals surface area contributed by atoms with Gasteiger partial charge in [-0.25, -0.2) is 0 Å². The zero-order valence-electron chi connectivity index (χ0n) is 12.3. The molecule has 0 bridgehead atoms. The Morgan fingerprint density at radius 1 is 1.43 bits per heavy atom. The average Bonchev–Trinajstić information content (AvgIpc) is 2.86. The van der Waals surface area contributed by atoms with Crippen molar-refractivity contribution in [2.24, 2.45) is 0 Å². The molecule has 0 spiro atoms. The van der Waals surface area contributed by atoms with Gasteiger partial charge in [0.1, 0.15) is 17.9 Å². The zero-order valence-corrected chi connectivity index (χ0v) is 13.9. The molecule has 0 saturated carbocycles. The van der Waals surface area contributed by atoms with E-state index in [2.05, 4.69) is 20.8 Å². The van der Waals surface area contributed by atoms with Crippen LogP contribution in [0.1, 0.15) is 32.6 Å². The van der Waals surface area contributed by atoms with Crippen LogP contribution in [0.25, 0.3) is 0 Å². The van der Waals surface area contributed by atoms with Gasteiger partial charge in [-0.3, -0.25) is 9.69 Å². The van der Waals surface area contributed by atoms with Crippen LogP contribution in [-0.2, 0) is 4.79 Å². The van der Waals surface area contributed by atoms with Crippen molar-refractivity contribution in [2.75, 3.05) is 19.7 Å². The Bertz CT molecular complexity index is 477. The number of nitrogens with zero attached hydrogens (tertiary/aromatic N) is 1. The third-order valence-electron chi connectivity index (χ3n) is 4.13. The maximum Gasteiger partial charge on any atom is 0.324 e.